The zero-order chi connectivity index (χ0) is 27.1. The van der Waals surface area contributed by atoms with Gasteiger partial charge in [0.25, 0.3) is 0 Å². The lowest BCUT2D eigenvalue weighted by molar-refractivity contribution is -0.149. The molecule has 0 aromatic carbocycles. The van der Waals surface area contributed by atoms with Gasteiger partial charge < -0.3 is 28.8 Å². The van der Waals surface area contributed by atoms with Gasteiger partial charge in [0.05, 0.1) is 37.1 Å². The Morgan fingerprint density at radius 3 is 2.79 bits per heavy atom. The fraction of sp³-hybridized carbons (Fsp3) is 0.645. The minimum absolute atomic E-state index is 0.0417. The molecule has 0 aromatic heterocycles. The molecule has 4 heterocycles. The van der Waals surface area contributed by atoms with Gasteiger partial charge in [0.1, 0.15) is 18.3 Å². The summed E-state index contributed by atoms with van der Waals surface area (Å²) in [5, 5.41) is 10.8. The van der Waals surface area contributed by atoms with Gasteiger partial charge in [0, 0.05) is 19.6 Å². The van der Waals surface area contributed by atoms with Gasteiger partial charge >= 0.3 is 5.97 Å². The summed E-state index contributed by atoms with van der Waals surface area (Å²) in [5.74, 6) is -0.0337. The minimum Gasteiger partial charge on any atom is -0.456 e. The highest BCUT2D eigenvalue weighted by molar-refractivity contribution is 5.82. The Labute approximate surface area is 227 Å². The number of methoxy groups -OCH3 is 1. The van der Waals surface area contributed by atoms with Crippen LogP contribution in [0.25, 0.3) is 0 Å². The summed E-state index contributed by atoms with van der Waals surface area (Å²) in [6, 6.07) is 0. The molecule has 1 N–H and O–H groups in total. The standard InChI is InChI=1S/C31H44O7/c1-20-13-14-35-24(16-20)11-12-27(34-4)28-19-29-31(38-29)26(32)18-22(3)15-21(2)17-25-9-5-7-23(36-25)8-6-10-30(33)37-28/h5-7,10-13,21,23-29,31-32H,3,8-9,14-19H2,1-2,4H3/b10-6-,12-11+/t21-,23-,24?,25-,26?,27?,28?,29?,31?/m0/s1. The number of esters is 1. The van der Waals surface area contributed by atoms with E-state index in [2.05, 4.69) is 38.7 Å². The second-order valence-corrected chi connectivity index (χ2v) is 11.2. The monoisotopic (exact) mass is 528 g/mol. The zero-order valence-electron chi connectivity index (χ0n) is 23.0. The maximum atomic E-state index is 12.8. The first-order chi connectivity index (χ1) is 18.3. The number of aliphatic hydroxyl groups is 1. The van der Waals surface area contributed by atoms with Crippen molar-refractivity contribution in [3.05, 3.63) is 60.3 Å². The predicted octanol–water partition coefficient (Wildman–Crippen LogP) is 4.76. The lowest BCUT2D eigenvalue weighted by Crippen LogP contribution is -2.34. The van der Waals surface area contributed by atoms with Crippen molar-refractivity contribution in [1.82, 2.24) is 0 Å². The molecule has 7 nitrogen and oxygen atoms in total. The highest BCUT2D eigenvalue weighted by atomic mass is 16.6. The van der Waals surface area contributed by atoms with Gasteiger partial charge in [-0.3, -0.25) is 0 Å². The van der Waals surface area contributed by atoms with E-state index >= 15 is 0 Å². The van der Waals surface area contributed by atoms with Crippen molar-refractivity contribution in [3.63, 3.8) is 0 Å². The molecule has 0 amide bonds. The minimum atomic E-state index is -0.644. The highest BCUT2D eigenvalue weighted by Crippen LogP contribution is 2.35. The predicted molar refractivity (Wildman–Crippen MR) is 146 cm³/mol. The number of hydrogen-bond donors (Lipinski definition) is 1. The number of carbonyl (C=O) groups is 1. The molecule has 7 heteroatoms. The average Bonchev–Trinajstić information content (AvgIpc) is 3.63. The number of rotatable bonds is 4. The van der Waals surface area contributed by atoms with Crippen LogP contribution in [0.5, 0.6) is 0 Å². The van der Waals surface area contributed by atoms with Gasteiger partial charge in [-0.2, -0.15) is 0 Å². The molecule has 0 aromatic rings. The molecule has 4 aliphatic heterocycles. The third kappa shape index (κ3) is 8.75. The van der Waals surface area contributed by atoms with Gasteiger partial charge in [-0.25, -0.2) is 4.79 Å². The van der Waals surface area contributed by atoms with Crippen LogP contribution in [0, 0.1) is 5.92 Å². The number of ether oxygens (including phenoxy) is 5. The molecule has 2 bridgehead atoms. The molecular weight excluding hydrogens is 484 g/mol. The van der Waals surface area contributed by atoms with Crippen LogP contribution in [-0.2, 0) is 28.5 Å². The van der Waals surface area contributed by atoms with Crippen LogP contribution in [0.15, 0.2) is 60.3 Å². The lowest BCUT2D eigenvalue weighted by atomic mass is 9.91. The topological polar surface area (TPSA) is 86.8 Å². The molecule has 0 saturated carbocycles. The first-order valence-corrected chi connectivity index (χ1v) is 14.0. The van der Waals surface area contributed by atoms with Gasteiger partial charge in [-0.1, -0.05) is 61.1 Å². The van der Waals surface area contributed by atoms with E-state index in [1.807, 2.05) is 18.2 Å². The van der Waals surface area contributed by atoms with Gasteiger partial charge in [-0.05, 0) is 51.4 Å². The Bertz CT molecular complexity index is 935. The number of cyclic esters (lactones) is 1. The Morgan fingerprint density at radius 2 is 2.00 bits per heavy atom. The SMILES string of the molecule is C=C1CC(O)C2OC2CC(C(/C=C/C2CC(C)=CCO2)OC)OC(=O)/C=C\C[C@@H]2C=CC[C@@H](C[C@@H](C)C1)O2. The molecule has 9 atom stereocenters. The maximum Gasteiger partial charge on any atom is 0.330 e. The molecular formula is C31H44O7. The van der Waals surface area contributed by atoms with E-state index in [4.69, 9.17) is 23.7 Å². The van der Waals surface area contributed by atoms with Crippen LogP contribution in [0.3, 0.4) is 0 Å². The van der Waals surface area contributed by atoms with Crippen molar-refractivity contribution < 1.29 is 33.6 Å². The Morgan fingerprint density at radius 1 is 1.16 bits per heavy atom. The van der Waals surface area contributed by atoms with Crippen molar-refractivity contribution in [3.8, 4) is 0 Å². The van der Waals surface area contributed by atoms with Crippen LogP contribution in [0.2, 0.25) is 0 Å². The molecule has 6 unspecified atom stereocenters. The van der Waals surface area contributed by atoms with Gasteiger partial charge in [0.15, 0.2) is 0 Å². The lowest BCUT2D eigenvalue weighted by Gasteiger charge is -2.28. The average molecular weight is 529 g/mol. The third-order valence-corrected chi connectivity index (χ3v) is 7.69. The molecule has 0 radical (unpaired) electrons. The number of aliphatic hydroxyl groups excluding tert-OH is 1. The smallest absolute Gasteiger partial charge is 0.330 e. The highest BCUT2D eigenvalue weighted by Gasteiger charge is 2.47. The molecule has 1 fully saturated rings. The van der Waals surface area contributed by atoms with Gasteiger partial charge in [0.2, 0.25) is 0 Å². The van der Waals surface area contributed by atoms with Crippen LogP contribution in [-0.4, -0.2) is 73.6 Å². The Kier molecular flexibility index (Phi) is 10.6. The molecule has 0 spiro atoms. The van der Waals surface area contributed by atoms with Crippen molar-refractivity contribution in [2.24, 2.45) is 5.92 Å². The largest absolute Gasteiger partial charge is 0.456 e. The van der Waals surface area contributed by atoms with E-state index in [0.717, 1.165) is 31.3 Å². The summed E-state index contributed by atoms with van der Waals surface area (Å²) in [4.78, 5) is 12.8. The molecule has 38 heavy (non-hydrogen) atoms. The molecule has 4 rings (SSSR count). The van der Waals surface area contributed by atoms with Crippen molar-refractivity contribution in [2.75, 3.05) is 13.7 Å². The summed E-state index contributed by atoms with van der Waals surface area (Å²) in [6.07, 6.45) is 16.3. The number of carbonyl (C=O) groups excluding carboxylic acids is 1. The van der Waals surface area contributed by atoms with Crippen molar-refractivity contribution >= 4 is 5.97 Å². The summed E-state index contributed by atoms with van der Waals surface area (Å²) < 4.78 is 29.6. The zero-order valence-corrected chi connectivity index (χ0v) is 23.0. The number of hydrogen-bond acceptors (Lipinski definition) is 7. The molecule has 210 valence electrons. The first-order valence-electron chi connectivity index (χ1n) is 14.0. The number of fused-ring (bicyclic) bond motifs is 3. The first kappa shape index (κ1) is 29.0. The fourth-order valence-electron chi connectivity index (χ4n) is 5.67. The van der Waals surface area contributed by atoms with Crippen molar-refractivity contribution in [1.29, 1.82) is 0 Å². The second-order valence-electron chi connectivity index (χ2n) is 11.2. The van der Waals surface area contributed by atoms with Crippen LogP contribution in [0.4, 0.5) is 0 Å². The van der Waals surface area contributed by atoms with E-state index in [0.29, 0.717) is 31.8 Å². The normalized spacial score (nSPS) is 38.9. The van der Waals surface area contributed by atoms with E-state index < -0.39 is 24.3 Å². The second kappa shape index (κ2) is 13.9. The van der Waals surface area contributed by atoms with E-state index in [9.17, 15) is 9.90 Å². The maximum absolute atomic E-state index is 12.8. The summed E-state index contributed by atoms with van der Waals surface area (Å²) in [5.41, 5.74) is 2.30. The van der Waals surface area contributed by atoms with Crippen LogP contribution in [0.1, 0.15) is 58.8 Å². The fourth-order valence-corrected chi connectivity index (χ4v) is 5.67. The van der Waals surface area contributed by atoms with Gasteiger partial charge in [-0.15, -0.1) is 0 Å². The van der Waals surface area contributed by atoms with Crippen LogP contribution >= 0.6 is 0 Å². The third-order valence-electron chi connectivity index (χ3n) is 7.69. The Hall–Kier alpha value is -2.03. The summed E-state index contributed by atoms with van der Waals surface area (Å²) in [6.45, 7) is 9.11. The van der Waals surface area contributed by atoms with E-state index in [1.165, 1.54) is 11.6 Å². The molecule has 4 aliphatic rings. The van der Waals surface area contributed by atoms with E-state index in [-0.39, 0.29) is 30.5 Å². The molecule has 1 saturated heterocycles. The summed E-state index contributed by atoms with van der Waals surface area (Å²) in [7, 11) is 1.60. The van der Waals surface area contributed by atoms with Crippen molar-refractivity contribution in [2.45, 2.75) is 108 Å². The van der Waals surface area contributed by atoms with E-state index in [1.54, 1.807) is 7.11 Å². The summed E-state index contributed by atoms with van der Waals surface area (Å²) >= 11 is 0. The van der Waals surface area contributed by atoms with Crippen LogP contribution < -0.4 is 0 Å². The quantitative estimate of drug-likeness (QED) is 0.320. The number of epoxide rings is 1. The molecule has 0 aliphatic carbocycles. The Balaban J connectivity index is 1.47.